The van der Waals surface area contributed by atoms with Crippen LogP contribution in [-0.2, 0) is 16.4 Å². The molecule has 2 heterocycles. The average Bonchev–Trinajstić information content (AvgIpc) is 2.83. The lowest BCUT2D eigenvalue weighted by Gasteiger charge is -2.34. The lowest BCUT2D eigenvalue weighted by molar-refractivity contribution is -0.387. The van der Waals surface area contributed by atoms with Gasteiger partial charge in [0.25, 0.3) is 11.6 Å². The number of hydrogen-bond donors (Lipinski definition) is 0. The molecule has 2 aromatic carbocycles. The van der Waals surface area contributed by atoms with E-state index >= 15 is 0 Å². The Morgan fingerprint density at radius 3 is 2.36 bits per heavy atom. The van der Waals surface area contributed by atoms with Gasteiger partial charge in [0.1, 0.15) is 0 Å². The molecule has 0 spiro atoms. The molecule has 1 aliphatic rings. The lowest BCUT2D eigenvalue weighted by atomic mass is 9.99. The minimum Gasteiger partial charge on any atom is -0.336 e. The highest BCUT2D eigenvalue weighted by molar-refractivity contribution is 7.89. The Morgan fingerprint density at radius 1 is 1.06 bits per heavy atom. The predicted octanol–water partition coefficient (Wildman–Crippen LogP) is 3.16. The van der Waals surface area contributed by atoms with Gasteiger partial charge >= 0.3 is 0 Å². The number of nitro benzene ring substituents is 1. The van der Waals surface area contributed by atoms with E-state index in [0.29, 0.717) is 12.0 Å². The monoisotopic (exact) mass is 468 g/mol. The van der Waals surface area contributed by atoms with Crippen molar-refractivity contribution in [3.8, 4) is 0 Å². The van der Waals surface area contributed by atoms with Crippen LogP contribution in [0.1, 0.15) is 28.5 Å². The van der Waals surface area contributed by atoms with Gasteiger partial charge in [-0.2, -0.15) is 4.31 Å². The molecule has 0 aliphatic carbocycles. The second-order valence-corrected chi connectivity index (χ2v) is 9.76. The standard InChI is InChI=1S/C23H24N4O5S/c1-3-18-16(2)22(17-8-4-5-9-19(17)24-18)23(28)25-12-14-26(15-13-25)33(31,32)21-11-7-6-10-20(21)27(29)30/h4-11H,3,12-15H2,1-2H3. The summed E-state index contributed by atoms with van der Waals surface area (Å²) in [5.41, 5.74) is 2.57. The molecule has 33 heavy (non-hydrogen) atoms. The van der Waals surface area contributed by atoms with Crippen molar-refractivity contribution in [2.45, 2.75) is 25.2 Å². The van der Waals surface area contributed by atoms with Crippen molar-refractivity contribution in [1.82, 2.24) is 14.2 Å². The molecule has 4 rings (SSSR count). The number of amides is 1. The number of pyridine rings is 1. The number of nitrogens with zero attached hydrogens (tertiary/aromatic N) is 4. The highest BCUT2D eigenvalue weighted by Crippen LogP contribution is 2.28. The Morgan fingerprint density at radius 2 is 1.70 bits per heavy atom. The van der Waals surface area contributed by atoms with Crippen LogP contribution < -0.4 is 0 Å². The highest BCUT2D eigenvalue weighted by atomic mass is 32.2. The Labute approximate surface area is 191 Å². The SMILES string of the molecule is CCc1nc2ccccc2c(C(=O)N2CCN(S(=O)(=O)c3ccccc3[N+](=O)[O-])CC2)c1C. The molecule has 172 valence electrons. The molecule has 10 heteroatoms. The van der Waals surface area contributed by atoms with Gasteiger partial charge in [-0.05, 0) is 31.0 Å². The van der Waals surface area contributed by atoms with Crippen molar-refractivity contribution < 1.29 is 18.1 Å². The average molecular weight is 469 g/mol. The largest absolute Gasteiger partial charge is 0.336 e. The van der Waals surface area contributed by atoms with E-state index in [9.17, 15) is 23.3 Å². The minimum atomic E-state index is -4.06. The number of nitro groups is 1. The van der Waals surface area contributed by atoms with Crippen LogP contribution in [0.4, 0.5) is 5.69 Å². The molecule has 1 fully saturated rings. The summed E-state index contributed by atoms with van der Waals surface area (Å²) < 4.78 is 27.4. The van der Waals surface area contributed by atoms with Gasteiger partial charge in [-0.25, -0.2) is 8.42 Å². The van der Waals surface area contributed by atoms with Crippen molar-refractivity contribution in [3.05, 3.63) is 75.5 Å². The van der Waals surface area contributed by atoms with E-state index in [2.05, 4.69) is 4.98 Å². The Kier molecular flexibility index (Phi) is 6.13. The van der Waals surface area contributed by atoms with Crippen LogP contribution in [0, 0.1) is 17.0 Å². The fraction of sp³-hybridized carbons (Fsp3) is 0.304. The van der Waals surface area contributed by atoms with Gasteiger partial charge in [-0.15, -0.1) is 0 Å². The number of carbonyl (C=O) groups excluding carboxylic acids is 1. The van der Waals surface area contributed by atoms with Crippen LogP contribution in [0.25, 0.3) is 10.9 Å². The first-order valence-corrected chi connectivity index (χ1v) is 12.1. The quantitative estimate of drug-likeness (QED) is 0.420. The molecule has 0 saturated carbocycles. The summed E-state index contributed by atoms with van der Waals surface area (Å²) in [4.78, 5) is 30.1. The molecule has 0 radical (unpaired) electrons. The topological polar surface area (TPSA) is 114 Å². The molecule has 0 atom stereocenters. The van der Waals surface area contributed by atoms with Gasteiger partial charge in [0.2, 0.25) is 10.0 Å². The normalized spacial score (nSPS) is 15.0. The fourth-order valence-corrected chi connectivity index (χ4v) is 5.81. The number of piperazine rings is 1. The van der Waals surface area contributed by atoms with Gasteiger partial charge in [0.15, 0.2) is 4.90 Å². The number of sulfonamides is 1. The predicted molar refractivity (Wildman–Crippen MR) is 124 cm³/mol. The van der Waals surface area contributed by atoms with Crippen LogP contribution in [0.15, 0.2) is 53.4 Å². The third-order valence-electron chi connectivity index (χ3n) is 5.99. The minimum absolute atomic E-state index is 0.0584. The molecular weight excluding hydrogens is 444 g/mol. The molecule has 1 amide bonds. The number of aromatic nitrogens is 1. The fourth-order valence-electron chi connectivity index (χ4n) is 4.23. The first kappa shape index (κ1) is 22.8. The van der Waals surface area contributed by atoms with E-state index in [1.54, 1.807) is 4.90 Å². The molecule has 0 bridgehead atoms. The van der Waals surface area contributed by atoms with Crippen LogP contribution in [0.3, 0.4) is 0 Å². The molecule has 1 aromatic heterocycles. The molecule has 1 aliphatic heterocycles. The van der Waals surface area contributed by atoms with Crippen LogP contribution in [0.2, 0.25) is 0 Å². The maximum Gasteiger partial charge on any atom is 0.289 e. The van der Waals surface area contributed by atoms with Gasteiger partial charge in [0.05, 0.1) is 16.0 Å². The molecular formula is C23H24N4O5S. The van der Waals surface area contributed by atoms with Crippen molar-refractivity contribution in [2.24, 2.45) is 0 Å². The van der Waals surface area contributed by atoms with E-state index in [-0.39, 0.29) is 37.0 Å². The maximum absolute atomic E-state index is 13.5. The zero-order chi connectivity index (χ0) is 23.8. The number of aryl methyl sites for hydroxylation is 1. The van der Waals surface area contributed by atoms with Crippen LogP contribution in [0.5, 0.6) is 0 Å². The number of rotatable bonds is 5. The molecule has 3 aromatic rings. The van der Waals surface area contributed by atoms with Crippen molar-refractivity contribution in [2.75, 3.05) is 26.2 Å². The van der Waals surface area contributed by atoms with E-state index in [4.69, 9.17) is 0 Å². The third-order valence-corrected chi connectivity index (χ3v) is 7.94. The van der Waals surface area contributed by atoms with Crippen molar-refractivity contribution >= 4 is 32.5 Å². The zero-order valence-electron chi connectivity index (χ0n) is 18.4. The van der Waals surface area contributed by atoms with Crippen molar-refractivity contribution in [1.29, 1.82) is 0 Å². The smallest absolute Gasteiger partial charge is 0.289 e. The molecule has 9 nitrogen and oxygen atoms in total. The number of carbonyl (C=O) groups is 1. The second kappa shape index (κ2) is 8.87. The molecule has 0 N–H and O–H groups in total. The molecule has 0 unspecified atom stereocenters. The summed E-state index contributed by atoms with van der Waals surface area (Å²) in [5, 5.41) is 12.1. The zero-order valence-corrected chi connectivity index (χ0v) is 19.2. The number of fused-ring (bicyclic) bond motifs is 1. The van der Waals surface area contributed by atoms with E-state index in [1.807, 2.05) is 38.1 Å². The summed E-state index contributed by atoms with van der Waals surface area (Å²) in [6.07, 6.45) is 0.693. The first-order valence-electron chi connectivity index (χ1n) is 10.7. The number of para-hydroxylation sites is 2. The Balaban J connectivity index is 1.60. The first-order chi connectivity index (χ1) is 15.8. The Bertz CT molecular complexity index is 1350. The van der Waals surface area contributed by atoms with Crippen LogP contribution >= 0.6 is 0 Å². The summed E-state index contributed by atoms with van der Waals surface area (Å²) in [5.74, 6) is -0.163. The summed E-state index contributed by atoms with van der Waals surface area (Å²) in [6.45, 7) is 4.38. The van der Waals surface area contributed by atoms with Crippen LogP contribution in [-0.4, -0.2) is 59.6 Å². The van der Waals surface area contributed by atoms with Gasteiger partial charge in [-0.3, -0.25) is 19.9 Å². The van der Waals surface area contributed by atoms with E-state index in [0.717, 1.165) is 22.2 Å². The maximum atomic E-state index is 13.5. The summed E-state index contributed by atoms with van der Waals surface area (Å²) in [6, 6.07) is 12.8. The number of hydrogen-bond acceptors (Lipinski definition) is 6. The molecule has 1 saturated heterocycles. The number of benzene rings is 2. The van der Waals surface area contributed by atoms with E-state index < -0.39 is 20.6 Å². The highest BCUT2D eigenvalue weighted by Gasteiger charge is 2.35. The van der Waals surface area contributed by atoms with Crippen molar-refractivity contribution in [3.63, 3.8) is 0 Å². The van der Waals surface area contributed by atoms with Gasteiger partial charge in [-0.1, -0.05) is 37.3 Å². The Hall–Kier alpha value is -3.37. The van der Waals surface area contributed by atoms with Gasteiger partial charge < -0.3 is 4.90 Å². The van der Waals surface area contributed by atoms with Gasteiger partial charge in [0, 0.05) is 43.3 Å². The van der Waals surface area contributed by atoms with E-state index in [1.165, 1.54) is 28.6 Å². The summed E-state index contributed by atoms with van der Waals surface area (Å²) in [7, 11) is -4.06. The summed E-state index contributed by atoms with van der Waals surface area (Å²) >= 11 is 0. The second-order valence-electron chi connectivity index (χ2n) is 7.85. The lowest BCUT2D eigenvalue weighted by Crippen LogP contribution is -2.50. The third kappa shape index (κ3) is 4.07.